The Bertz CT molecular complexity index is 2560. The standard InChI is InChI=1S/C62H66O11/c1-63-61-59(69-42-51-33-19-7-20-34-51)58(68-41-50-31-17-6-18-32-50)56(54(71-61)45-65-38-47-25-11-3-12-26-47)73-62-60(70-43-52-35-21-8-22-36-52)57(67-40-49-29-15-5-16-30-49)55(66-39-48-27-13-4-14-28-48)53(72-62)44-64-37-46-23-9-2-10-24-46/h2-36,53-62H,37-45H2,1H3/t53-,54-,55+,56-,57+,58+,59-,60-,61+,62?/m1/s1. The summed E-state index contributed by atoms with van der Waals surface area (Å²) >= 11 is 0. The second kappa shape index (κ2) is 28.0. The minimum Gasteiger partial charge on any atom is -0.374 e. The van der Waals surface area contributed by atoms with Crippen molar-refractivity contribution in [3.63, 3.8) is 0 Å². The highest BCUT2D eigenvalue weighted by Crippen LogP contribution is 2.37. The average Bonchev–Trinajstić information content (AvgIpc) is 3.45. The van der Waals surface area contributed by atoms with Gasteiger partial charge in [0, 0.05) is 7.11 Å². The molecule has 0 amide bonds. The van der Waals surface area contributed by atoms with E-state index in [1.54, 1.807) is 7.11 Å². The minimum absolute atomic E-state index is 0.124. The van der Waals surface area contributed by atoms with Crippen LogP contribution in [-0.2, 0) is 98.4 Å². The zero-order chi connectivity index (χ0) is 49.7. The van der Waals surface area contributed by atoms with Crippen LogP contribution >= 0.6 is 0 Å². The summed E-state index contributed by atoms with van der Waals surface area (Å²) in [5.41, 5.74) is 6.95. The Kier molecular flexibility index (Phi) is 19.9. The largest absolute Gasteiger partial charge is 0.374 e. The third-order valence-electron chi connectivity index (χ3n) is 12.9. The van der Waals surface area contributed by atoms with Gasteiger partial charge in [-0.2, -0.15) is 0 Å². The van der Waals surface area contributed by atoms with Crippen LogP contribution in [0.5, 0.6) is 0 Å². The van der Waals surface area contributed by atoms with Crippen LogP contribution in [0.1, 0.15) is 38.9 Å². The van der Waals surface area contributed by atoms with Crippen LogP contribution in [0, 0.1) is 0 Å². The summed E-state index contributed by atoms with van der Waals surface area (Å²) in [5.74, 6) is 0. The second-order valence-electron chi connectivity index (χ2n) is 18.2. The molecule has 2 fully saturated rings. The van der Waals surface area contributed by atoms with E-state index in [1.807, 2.05) is 212 Å². The Balaban J connectivity index is 1.11. The maximum Gasteiger partial charge on any atom is 0.187 e. The van der Waals surface area contributed by atoms with Gasteiger partial charge in [-0.3, -0.25) is 0 Å². The third kappa shape index (κ3) is 15.3. The van der Waals surface area contributed by atoms with E-state index < -0.39 is 61.4 Å². The maximum absolute atomic E-state index is 7.51. The molecule has 2 aliphatic rings. The van der Waals surface area contributed by atoms with Gasteiger partial charge in [0.15, 0.2) is 12.6 Å². The van der Waals surface area contributed by atoms with E-state index in [4.69, 9.17) is 52.1 Å². The molecule has 0 aliphatic carbocycles. The molecule has 2 saturated heterocycles. The molecule has 7 aromatic rings. The van der Waals surface area contributed by atoms with Crippen LogP contribution in [0.15, 0.2) is 212 Å². The van der Waals surface area contributed by atoms with E-state index in [0.717, 1.165) is 38.9 Å². The van der Waals surface area contributed by atoms with Crippen molar-refractivity contribution >= 4 is 0 Å². The zero-order valence-corrected chi connectivity index (χ0v) is 41.3. The predicted octanol–water partition coefficient (Wildman–Crippen LogP) is 10.8. The van der Waals surface area contributed by atoms with Gasteiger partial charge in [-0.1, -0.05) is 212 Å². The molecule has 0 N–H and O–H groups in total. The van der Waals surface area contributed by atoms with Crippen molar-refractivity contribution in [2.24, 2.45) is 0 Å². The molecule has 7 aromatic carbocycles. The molecule has 1 unspecified atom stereocenters. The summed E-state index contributed by atoms with van der Waals surface area (Å²) in [6.07, 6.45) is -8.10. The fraction of sp³-hybridized carbons (Fsp3) is 0.323. The highest BCUT2D eigenvalue weighted by atomic mass is 16.8. The van der Waals surface area contributed by atoms with Gasteiger partial charge < -0.3 is 52.1 Å². The topological polar surface area (TPSA) is 102 Å². The van der Waals surface area contributed by atoms with Gasteiger partial charge in [-0.15, -0.1) is 0 Å². The van der Waals surface area contributed by atoms with Gasteiger partial charge in [0.05, 0.1) is 59.5 Å². The van der Waals surface area contributed by atoms with Crippen molar-refractivity contribution in [1.29, 1.82) is 0 Å². The highest BCUT2D eigenvalue weighted by Gasteiger charge is 2.54. The van der Waals surface area contributed by atoms with Crippen LogP contribution in [-0.4, -0.2) is 81.7 Å². The summed E-state index contributed by atoms with van der Waals surface area (Å²) in [7, 11) is 1.61. The summed E-state index contributed by atoms with van der Waals surface area (Å²) in [6, 6.07) is 70.4. The number of methoxy groups -OCH3 is 1. The average molecular weight is 987 g/mol. The Morgan fingerprint density at radius 2 is 0.548 bits per heavy atom. The first-order valence-corrected chi connectivity index (χ1v) is 25.2. The number of hydrogen-bond donors (Lipinski definition) is 0. The lowest BCUT2D eigenvalue weighted by Gasteiger charge is -2.50. The molecule has 11 heteroatoms. The van der Waals surface area contributed by atoms with Gasteiger partial charge in [-0.05, 0) is 38.9 Å². The van der Waals surface area contributed by atoms with Gasteiger partial charge in [0.2, 0.25) is 0 Å². The molecular weight excluding hydrogens is 921 g/mol. The van der Waals surface area contributed by atoms with Crippen molar-refractivity contribution in [2.45, 2.75) is 108 Å². The van der Waals surface area contributed by atoms with Crippen molar-refractivity contribution in [1.82, 2.24) is 0 Å². The molecule has 10 atom stereocenters. The number of rotatable bonds is 26. The Morgan fingerprint density at radius 3 is 0.890 bits per heavy atom. The molecule has 9 rings (SSSR count). The molecule has 2 heterocycles. The minimum atomic E-state index is -1.09. The molecule has 0 spiro atoms. The van der Waals surface area contributed by atoms with E-state index in [2.05, 4.69) is 0 Å². The molecule has 0 bridgehead atoms. The Morgan fingerprint density at radius 1 is 0.288 bits per heavy atom. The first-order valence-electron chi connectivity index (χ1n) is 25.2. The van der Waals surface area contributed by atoms with E-state index in [9.17, 15) is 0 Å². The summed E-state index contributed by atoms with van der Waals surface area (Å²) < 4.78 is 75.9. The quantitative estimate of drug-likeness (QED) is 0.0518. The SMILES string of the molecule is CO[C@H]1O[C@H](COCc2ccccc2)[C@@H](OC2O[C@H](COCc3ccccc3)[C@H](OCc3ccccc3)[C@H](OCc3ccccc3)[C@H]2OCc2ccccc2)[C@H](OCc2ccccc2)[C@H]1OCc1ccccc1. The number of ether oxygens (including phenoxy) is 11. The summed E-state index contributed by atoms with van der Waals surface area (Å²) in [4.78, 5) is 0. The van der Waals surface area contributed by atoms with Crippen LogP contribution in [0.4, 0.5) is 0 Å². The molecule has 11 nitrogen and oxygen atoms in total. The normalized spacial score (nSPS) is 24.0. The van der Waals surface area contributed by atoms with Gasteiger partial charge in [0.25, 0.3) is 0 Å². The van der Waals surface area contributed by atoms with Crippen molar-refractivity contribution in [3.8, 4) is 0 Å². The van der Waals surface area contributed by atoms with Crippen molar-refractivity contribution in [2.75, 3.05) is 20.3 Å². The maximum atomic E-state index is 7.51. The number of hydrogen-bond acceptors (Lipinski definition) is 11. The smallest absolute Gasteiger partial charge is 0.187 e. The third-order valence-corrected chi connectivity index (χ3v) is 12.9. The van der Waals surface area contributed by atoms with Crippen LogP contribution < -0.4 is 0 Å². The zero-order valence-electron chi connectivity index (χ0n) is 41.3. The van der Waals surface area contributed by atoms with Gasteiger partial charge in [-0.25, -0.2) is 0 Å². The van der Waals surface area contributed by atoms with E-state index in [1.165, 1.54) is 0 Å². The first kappa shape index (κ1) is 52.0. The lowest BCUT2D eigenvalue weighted by Crippen LogP contribution is -2.66. The molecule has 380 valence electrons. The summed E-state index contributed by atoms with van der Waals surface area (Å²) in [5, 5.41) is 0. The molecule has 0 radical (unpaired) electrons. The van der Waals surface area contributed by atoms with Crippen molar-refractivity contribution in [3.05, 3.63) is 251 Å². The van der Waals surface area contributed by atoms with Crippen LogP contribution in [0.2, 0.25) is 0 Å². The van der Waals surface area contributed by atoms with Gasteiger partial charge >= 0.3 is 0 Å². The molecular formula is C62H66O11. The predicted molar refractivity (Wildman–Crippen MR) is 276 cm³/mol. The highest BCUT2D eigenvalue weighted by molar-refractivity contribution is 5.19. The molecule has 2 aliphatic heterocycles. The van der Waals surface area contributed by atoms with E-state index in [0.29, 0.717) is 13.2 Å². The van der Waals surface area contributed by atoms with Crippen molar-refractivity contribution < 1.29 is 52.1 Å². The monoisotopic (exact) mass is 986 g/mol. The number of benzene rings is 7. The fourth-order valence-electron chi connectivity index (χ4n) is 9.14. The fourth-order valence-corrected chi connectivity index (χ4v) is 9.14. The van der Waals surface area contributed by atoms with Gasteiger partial charge in [0.1, 0.15) is 48.8 Å². The lowest BCUT2D eigenvalue weighted by molar-refractivity contribution is -0.376. The van der Waals surface area contributed by atoms with E-state index >= 15 is 0 Å². The molecule has 0 saturated carbocycles. The summed E-state index contributed by atoms with van der Waals surface area (Å²) in [6.45, 7) is 2.27. The van der Waals surface area contributed by atoms with E-state index in [-0.39, 0.29) is 46.2 Å². The lowest BCUT2D eigenvalue weighted by atomic mass is 9.95. The Hall–Kier alpha value is -5.90. The molecule has 73 heavy (non-hydrogen) atoms. The van der Waals surface area contributed by atoms with Crippen LogP contribution in [0.25, 0.3) is 0 Å². The van der Waals surface area contributed by atoms with Crippen LogP contribution in [0.3, 0.4) is 0 Å². The molecule has 0 aromatic heterocycles. The first-order chi connectivity index (χ1) is 36.2. The second-order valence-corrected chi connectivity index (χ2v) is 18.2. The Labute approximate surface area is 429 Å².